The maximum Gasteiger partial charge on any atom is 0.276 e. The Labute approximate surface area is 207 Å². The topological polar surface area (TPSA) is 121 Å². The summed E-state index contributed by atoms with van der Waals surface area (Å²) in [6.45, 7) is 0.349. The van der Waals surface area contributed by atoms with Gasteiger partial charge in [0.2, 0.25) is 0 Å². The van der Waals surface area contributed by atoms with E-state index in [1.807, 2.05) is 6.07 Å². The maximum absolute atomic E-state index is 12.7. The van der Waals surface area contributed by atoms with Gasteiger partial charge in [0.1, 0.15) is 11.4 Å². The molecule has 1 aromatic carbocycles. The van der Waals surface area contributed by atoms with E-state index in [0.29, 0.717) is 10.8 Å². The van der Waals surface area contributed by atoms with E-state index in [1.54, 1.807) is 55.6 Å². The van der Waals surface area contributed by atoms with Gasteiger partial charge in [0, 0.05) is 43.1 Å². The monoisotopic (exact) mass is 546 g/mol. The number of anilines is 1. The Balaban J connectivity index is 1.38. The highest BCUT2D eigenvalue weighted by Crippen LogP contribution is 2.27. The van der Waals surface area contributed by atoms with E-state index < -0.39 is 5.91 Å². The first-order valence-corrected chi connectivity index (χ1v) is 11.2. The average molecular weight is 548 g/mol. The molecule has 0 aliphatic rings. The molecule has 0 unspecified atom stereocenters. The van der Waals surface area contributed by atoms with Crippen molar-refractivity contribution in [2.24, 2.45) is 14.1 Å². The quantitative estimate of drug-likeness (QED) is 0.350. The molecule has 0 saturated carbocycles. The molecule has 34 heavy (non-hydrogen) atoms. The molecule has 3 heterocycles. The Bertz CT molecular complexity index is 1350. The molecular formula is C21H20BrClN8O3. The van der Waals surface area contributed by atoms with Crippen molar-refractivity contribution >= 4 is 45.0 Å². The lowest BCUT2D eigenvalue weighted by atomic mass is 10.3. The Morgan fingerprint density at radius 1 is 1.15 bits per heavy atom. The van der Waals surface area contributed by atoms with Crippen molar-refractivity contribution in [1.82, 2.24) is 34.7 Å². The number of aromatic nitrogens is 6. The Hall–Kier alpha value is -3.64. The van der Waals surface area contributed by atoms with E-state index in [1.165, 1.54) is 15.6 Å². The van der Waals surface area contributed by atoms with Gasteiger partial charge in [0.25, 0.3) is 11.8 Å². The molecule has 11 nitrogen and oxygen atoms in total. The van der Waals surface area contributed by atoms with Crippen LogP contribution in [0.15, 0.2) is 53.5 Å². The van der Waals surface area contributed by atoms with Crippen LogP contribution in [0, 0.1) is 0 Å². The highest BCUT2D eigenvalue weighted by Gasteiger charge is 2.20. The second-order valence-corrected chi connectivity index (χ2v) is 8.60. The molecule has 176 valence electrons. The molecule has 0 atom stereocenters. The zero-order valence-electron chi connectivity index (χ0n) is 18.2. The number of halogens is 2. The number of amides is 2. The first-order chi connectivity index (χ1) is 16.3. The van der Waals surface area contributed by atoms with Gasteiger partial charge < -0.3 is 15.4 Å². The van der Waals surface area contributed by atoms with Gasteiger partial charge in [-0.1, -0.05) is 27.5 Å². The fourth-order valence-electron chi connectivity index (χ4n) is 3.10. The van der Waals surface area contributed by atoms with Crippen molar-refractivity contribution in [3.63, 3.8) is 0 Å². The van der Waals surface area contributed by atoms with E-state index in [4.69, 9.17) is 16.3 Å². The van der Waals surface area contributed by atoms with Crippen LogP contribution in [0.3, 0.4) is 0 Å². The number of carbonyl (C=O) groups excluding carboxylic acids is 2. The first-order valence-electron chi connectivity index (χ1n) is 10.0. The molecule has 3 aromatic heterocycles. The molecule has 2 N–H and O–H groups in total. The SMILES string of the molecule is Cn1cc(CNC(=O)c2c(NC(=O)c3ccn(COc4ccc(Br)cc4Cl)n3)cnn2C)cn1. The smallest absolute Gasteiger partial charge is 0.276 e. The molecule has 0 aliphatic carbocycles. The Morgan fingerprint density at radius 2 is 1.97 bits per heavy atom. The number of hydrogen-bond donors (Lipinski definition) is 2. The summed E-state index contributed by atoms with van der Waals surface area (Å²) < 4.78 is 11.0. The highest BCUT2D eigenvalue weighted by atomic mass is 79.9. The molecule has 0 aliphatic heterocycles. The third kappa shape index (κ3) is 5.46. The fraction of sp³-hybridized carbons (Fsp3) is 0.190. The van der Waals surface area contributed by atoms with Crippen LogP contribution in [0.2, 0.25) is 5.02 Å². The van der Waals surface area contributed by atoms with Crippen molar-refractivity contribution in [3.05, 3.63) is 75.5 Å². The number of aryl methyl sites for hydroxylation is 2. The lowest BCUT2D eigenvalue weighted by Gasteiger charge is -2.08. The largest absolute Gasteiger partial charge is 0.470 e. The lowest BCUT2D eigenvalue weighted by Crippen LogP contribution is -2.26. The minimum atomic E-state index is -0.491. The summed E-state index contributed by atoms with van der Waals surface area (Å²) >= 11 is 9.49. The van der Waals surface area contributed by atoms with Gasteiger partial charge in [-0.25, -0.2) is 4.68 Å². The molecule has 13 heteroatoms. The van der Waals surface area contributed by atoms with Gasteiger partial charge in [-0.3, -0.25) is 19.0 Å². The van der Waals surface area contributed by atoms with Crippen molar-refractivity contribution in [2.45, 2.75) is 13.3 Å². The zero-order chi connectivity index (χ0) is 24.2. The summed E-state index contributed by atoms with van der Waals surface area (Å²) in [7, 11) is 3.41. The van der Waals surface area contributed by atoms with Crippen LogP contribution < -0.4 is 15.4 Å². The summed E-state index contributed by atoms with van der Waals surface area (Å²) in [6, 6.07) is 6.80. The second kappa shape index (κ2) is 10.1. The van der Waals surface area contributed by atoms with Gasteiger partial charge in [-0.05, 0) is 24.3 Å². The van der Waals surface area contributed by atoms with E-state index >= 15 is 0 Å². The number of hydrogen-bond acceptors (Lipinski definition) is 6. The molecule has 0 saturated heterocycles. The number of benzene rings is 1. The number of nitrogens with zero attached hydrogens (tertiary/aromatic N) is 6. The van der Waals surface area contributed by atoms with Crippen LogP contribution in [0.1, 0.15) is 26.5 Å². The fourth-order valence-corrected chi connectivity index (χ4v) is 3.82. The van der Waals surface area contributed by atoms with Gasteiger partial charge in [-0.2, -0.15) is 15.3 Å². The maximum atomic E-state index is 12.7. The zero-order valence-corrected chi connectivity index (χ0v) is 20.5. The van der Waals surface area contributed by atoms with E-state index in [2.05, 4.69) is 41.9 Å². The predicted octanol–water partition coefficient (Wildman–Crippen LogP) is 2.98. The standard InChI is InChI=1S/C21H20BrClN8O3/c1-29-11-13(9-25-29)8-24-21(33)19-17(10-26-30(19)2)27-20(32)16-5-6-31(28-16)12-34-18-4-3-14(22)7-15(18)23/h3-7,9-11H,8,12H2,1-2H3,(H,24,33)(H,27,32). The third-order valence-corrected chi connectivity index (χ3v) is 5.52. The van der Waals surface area contributed by atoms with Gasteiger partial charge in [0.15, 0.2) is 12.4 Å². The molecule has 4 aromatic rings. The molecule has 0 radical (unpaired) electrons. The molecule has 0 fully saturated rings. The van der Waals surface area contributed by atoms with Crippen molar-refractivity contribution in [2.75, 3.05) is 5.32 Å². The summed E-state index contributed by atoms with van der Waals surface area (Å²) in [5.74, 6) is -0.386. The van der Waals surface area contributed by atoms with Crippen molar-refractivity contribution < 1.29 is 14.3 Å². The molecule has 0 spiro atoms. The first kappa shape index (κ1) is 23.5. The van der Waals surface area contributed by atoms with E-state index in [-0.39, 0.29) is 36.3 Å². The molecule has 4 rings (SSSR count). The van der Waals surface area contributed by atoms with Crippen molar-refractivity contribution in [1.29, 1.82) is 0 Å². The normalized spacial score (nSPS) is 10.8. The third-order valence-electron chi connectivity index (χ3n) is 4.73. The van der Waals surface area contributed by atoms with Crippen molar-refractivity contribution in [3.8, 4) is 5.75 Å². The van der Waals surface area contributed by atoms with Gasteiger partial charge in [-0.15, -0.1) is 0 Å². The summed E-state index contributed by atoms with van der Waals surface area (Å²) in [6.07, 6.45) is 6.48. The van der Waals surface area contributed by atoms with Crippen LogP contribution in [-0.4, -0.2) is 41.2 Å². The number of rotatable bonds is 8. The van der Waals surface area contributed by atoms with Crippen LogP contribution >= 0.6 is 27.5 Å². The molecule has 2 amide bonds. The van der Waals surface area contributed by atoms with Crippen LogP contribution in [0.25, 0.3) is 0 Å². The van der Waals surface area contributed by atoms with E-state index in [0.717, 1.165) is 10.0 Å². The van der Waals surface area contributed by atoms with Crippen LogP contribution in [0.4, 0.5) is 5.69 Å². The summed E-state index contributed by atoms with van der Waals surface area (Å²) in [4.78, 5) is 25.4. The summed E-state index contributed by atoms with van der Waals surface area (Å²) in [5.41, 5.74) is 1.48. The van der Waals surface area contributed by atoms with Crippen LogP contribution in [0.5, 0.6) is 5.75 Å². The average Bonchev–Trinajstić information content (AvgIpc) is 3.52. The van der Waals surface area contributed by atoms with E-state index in [9.17, 15) is 9.59 Å². The summed E-state index contributed by atoms with van der Waals surface area (Å²) in [5, 5.41) is 18.3. The Kier molecular flexibility index (Phi) is 6.98. The van der Waals surface area contributed by atoms with Gasteiger partial charge in [0.05, 0.1) is 23.1 Å². The van der Waals surface area contributed by atoms with Crippen LogP contribution in [-0.2, 0) is 27.4 Å². The molecular weight excluding hydrogens is 528 g/mol. The predicted molar refractivity (Wildman–Crippen MR) is 128 cm³/mol. The lowest BCUT2D eigenvalue weighted by molar-refractivity contribution is 0.0942. The highest BCUT2D eigenvalue weighted by molar-refractivity contribution is 9.10. The number of carbonyl (C=O) groups is 2. The minimum Gasteiger partial charge on any atom is -0.470 e. The number of ether oxygens (including phenoxy) is 1. The Morgan fingerprint density at radius 3 is 2.71 bits per heavy atom. The second-order valence-electron chi connectivity index (χ2n) is 7.28. The number of nitrogens with one attached hydrogen (secondary N) is 2. The molecule has 0 bridgehead atoms. The minimum absolute atomic E-state index is 0.0591. The van der Waals surface area contributed by atoms with Gasteiger partial charge >= 0.3 is 0 Å².